The quantitative estimate of drug-likeness (QED) is 0.722. The van der Waals surface area contributed by atoms with E-state index in [0.29, 0.717) is 0 Å². The minimum absolute atomic E-state index is 0.115. The zero-order chi connectivity index (χ0) is 12.3. The van der Waals surface area contributed by atoms with E-state index in [-0.39, 0.29) is 11.3 Å². The van der Waals surface area contributed by atoms with Gasteiger partial charge in [-0.15, -0.1) is 0 Å². The van der Waals surface area contributed by atoms with Gasteiger partial charge in [-0.3, -0.25) is 4.79 Å². The molecule has 0 aliphatic rings. The van der Waals surface area contributed by atoms with Gasteiger partial charge in [-0.25, -0.2) is 0 Å². The molecule has 2 nitrogen and oxygen atoms in total. The van der Waals surface area contributed by atoms with E-state index in [4.69, 9.17) is 0 Å². The predicted octanol–water partition coefficient (Wildman–Crippen LogP) is 3.51. The maximum atomic E-state index is 11.2. The molecule has 0 heterocycles. The molecule has 0 aromatic heterocycles. The first-order chi connectivity index (χ1) is 7.38. The highest BCUT2D eigenvalue weighted by molar-refractivity contribution is 5.94. The first-order valence-electron chi connectivity index (χ1n) is 5.73. The third-order valence-corrected chi connectivity index (χ3v) is 3.43. The summed E-state index contributed by atoms with van der Waals surface area (Å²) in [7, 11) is 2.09. The Labute approximate surface area is 98.3 Å². The molecule has 88 valence electrons. The number of carbonyl (C=O) groups is 1. The maximum Gasteiger partial charge on any atom is 0.159 e. The lowest BCUT2D eigenvalue weighted by Gasteiger charge is -2.36. The molecule has 1 aromatic rings. The highest BCUT2D eigenvalue weighted by Gasteiger charge is 2.21. The van der Waals surface area contributed by atoms with Crippen LogP contribution in [0.2, 0.25) is 0 Å². The lowest BCUT2D eigenvalue weighted by molar-refractivity contribution is 0.101. The van der Waals surface area contributed by atoms with Crippen LogP contribution >= 0.6 is 0 Å². The topological polar surface area (TPSA) is 20.3 Å². The van der Waals surface area contributed by atoms with Crippen molar-refractivity contribution in [2.24, 2.45) is 0 Å². The number of nitrogens with zero attached hydrogens (tertiary/aromatic N) is 1. The Hall–Kier alpha value is -1.31. The van der Waals surface area contributed by atoms with Crippen molar-refractivity contribution < 1.29 is 4.79 Å². The molecule has 0 bridgehead atoms. The van der Waals surface area contributed by atoms with E-state index >= 15 is 0 Å². The van der Waals surface area contributed by atoms with Crippen molar-refractivity contribution in [3.05, 3.63) is 29.8 Å². The van der Waals surface area contributed by atoms with E-state index < -0.39 is 0 Å². The van der Waals surface area contributed by atoms with Crippen LogP contribution in [0.15, 0.2) is 24.3 Å². The number of anilines is 1. The summed E-state index contributed by atoms with van der Waals surface area (Å²) in [5, 5.41) is 0. The molecule has 0 radical (unpaired) electrons. The number of carbonyl (C=O) groups excluding carboxylic acids is 1. The van der Waals surface area contributed by atoms with Crippen LogP contribution in [0.4, 0.5) is 5.69 Å². The van der Waals surface area contributed by atoms with Crippen LogP contribution in [0.1, 0.15) is 44.5 Å². The molecule has 0 fully saturated rings. The molecule has 0 unspecified atom stereocenters. The van der Waals surface area contributed by atoms with Gasteiger partial charge in [-0.05, 0) is 51.5 Å². The maximum absolute atomic E-state index is 11.2. The summed E-state index contributed by atoms with van der Waals surface area (Å²) in [5.41, 5.74) is 2.06. The van der Waals surface area contributed by atoms with Crippen LogP contribution in [0.3, 0.4) is 0 Å². The summed E-state index contributed by atoms with van der Waals surface area (Å²) in [4.78, 5) is 13.4. The molecule has 0 amide bonds. The summed E-state index contributed by atoms with van der Waals surface area (Å²) in [6, 6.07) is 7.79. The third-order valence-electron chi connectivity index (χ3n) is 3.43. The van der Waals surface area contributed by atoms with Gasteiger partial charge in [-0.1, -0.05) is 6.92 Å². The number of benzene rings is 1. The zero-order valence-corrected chi connectivity index (χ0v) is 10.9. The van der Waals surface area contributed by atoms with Crippen molar-refractivity contribution in [1.82, 2.24) is 0 Å². The van der Waals surface area contributed by atoms with Crippen molar-refractivity contribution in [1.29, 1.82) is 0 Å². The summed E-state index contributed by atoms with van der Waals surface area (Å²) in [6.07, 6.45) is 1.08. The van der Waals surface area contributed by atoms with Gasteiger partial charge < -0.3 is 4.90 Å². The molecule has 0 N–H and O–H groups in total. The van der Waals surface area contributed by atoms with Crippen molar-refractivity contribution in [3.63, 3.8) is 0 Å². The molecule has 0 aliphatic carbocycles. The Morgan fingerprint density at radius 3 is 2.12 bits per heavy atom. The summed E-state index contributed by atoms with van der Waals surface area (Å²) >= 11 is 0. The molecule has 0 saturated carbocycles. The fourth-order valence-electron chi connectivity index (χ4n) is 1.51. The SMILES string of the molecule is CCC(C)(C)N(C)c1ccc(C(C)=O)cc1. The highest BCUT2D eigenvalue weighted by Crippen LogP contribution is 2.24. The van der Waals surface area contributed by atoms with Crippen molar-refractivity contribution in [3.8, 4) is 0 Å². The Balaban J connectivity index is 2.94. The Morgan fingerprint density at radius 1 is 1.25 bits per heavy atom. The van der Waals surface area contributed by atoms with E-state index in [1.165, 1.54) is 0 Å². The molecule has 16 heavy (non-hydrogen) atoms. The Morgan fingerprint density at radius 2 is 1.75 bits per heavy atom. The minimum atomic E-state index is 0.115. The van der Waals surface area contributed by atoms with Crippen LogP contribution < -0.4 is 4.90 Å². The number of hydrogen-bond acceptors (Lipinski definition) is 2. The fourth-order valence-corrected chi connectivity index (χ4v) is 1.51. The van der Waals surface area contributed by atoms with E-state index in [2.05, 4.69) is 32.7 Å². The molecule has 1 aromatic carbocycles. The van der Waals surface area contributed by atoms with Crippen LogP contribution in [-0.4, -0.2) is 18.4 Å². The van der Waals surface area contributed by atoms with Gasteiger partial charge in [0.05, 0.1) is 0 Å². The molecule has 1 rings (SSSR count). The lowest BCUT2D eigenvalue weighted by Crippen LogP contribution is -2.40. The van der Waals surface area contributed by atoms with Crippen LogP contribution in [0.5, 0.6) is 0 Å². The summed E-state index contributed by atoms with van der Waals surface area (Å²) in [5.74, 6) is 0.115. The largest absolute Gasteiger partial charge is 0.369 e. The average Bonchev–Trinajstić information content (AvgIpc) is 2.28. The number of hydrogen-bond donors (Lipinski definition) is 0. The van der Waals surface area contributed by atoms with E-state index in [1.807, 2.05) is 24.3 Å². The van der Waals surface area contributed by atoms with Crippen LogP contribution in [0, 0.1) is 0 Å². The Bertz CT molecular complexity index is 365. The van der Waals surface area contributed by atoms with Gasteiger partial charge in [-0.2, -0.15) is 0 Å². The molecular formula is C14H21NO. The highest BCUT2D eigenvalue weighted by atomic mass is 16.1. The molecule has 2 heteroatoms. The fraction of sp³-hybridized carbons (Fsp3) is 0.500. The van der Waals surface area contributed by atoms with Crippen molar-refractivity contribution in [2.45, 2.75) is 39.7 Å². The zero-order valence-electron chi connectivity index (χ0n) is 10.9. The van der Waals surface area contributed by atoms with Gasteiger partial charge in [0, 0.05) is 23.8 Å². The average molecular weight is 219 g/mol. The van der Waals surface area contributed by atoms with Gasteiger partial charge >= 0.3 is 0 Å². The van der Waals surface area contributed by atoms with Crippen LogP contribution in [-0.2, 0) is 0 Å². The number of Topliss-reactive ketones (excluding diaryl/α,β-unsaturated/α-hetero) is 1. The number of rotatable bonds is 4. The van der Waals surface area contributed by atoms with E-state index in [1.54, 1.807) is 6.92 Å². The first kappa shape index (κ1) is 12.8. The van der Waals surface area contributed by atoms with E-state index in [0.717, 1.165) is 17.7 Å². The predicted molar refractivity (Wildman–Crippen MR) is 69.2 cm³/mol. The minimum Gasteiger partial charge on any atom is -0.369 e. The summed E-state index contributed by atoms with van der Waals surface area (Å²) < 4.78 is 0. The van der Waals surface area contributed by atoms with Crippen molar-refractivity contribution >= 4 is 11.5 Å². The molecule has 0 aliphatic heterocycles. The second-order valence-electron chi connectivity index (χ2n) is 4.83. The van der Waals surface area contributed by atoms with E-state index in [9.17, 15) is 4.79 Å². The summed E-state index contributed by atoms with van der Waals surface area (Å²) in [6.45, 7) is 8.20. The monoisotopic (exact) mass is 219 g/mol. The molecule has 0 saturated heterocycles. The van der Waals surface area contributed by atoms with Gasteiger partial charge in [0.2, 0.25) is 0 Å². The third kappa shape index (κ3) is 2.63. The van der Waals surface area contributed by atoms with Gasteiger partial charge in [0.1, 0.15) is 0 Å². The van der Waals surface area contributed by atoms with Crippen molar-refractivity contribution in [2.75, 3.05) is 11.9 Å². The normalized spacial score (nSPS) is 11.3. The molecule has 0 atom stereocenters. The lowest BCUT2D eigenvalue weighted by atomic mass is 9.99. The second-order valence-corrected chi connectivity index (χ2v) is 4.83. The second kappa shape index (κ2) is 4.69. The molecular weight excluding hydrogens is 198 g/mol. The van der Waals surface area contributed by atoms with Gasteiger partial charge in [0.25, 0.3) is 0 Å². The smallest absolute Gasteiger partial charge is 0.159 e. The standard InChI is InChI=1S/C14H21NO/c1-6-14(3,4)15(5)13-9-7-12(8-10-13)11(2)16/h7-10H,6H2,1-5H3. The van der Waals surface area contributed by atoms with Gasteiger partial charge in [0.15, 0.2) is 5.78 Å². The molecule has 0 spiro atoms. The first-order valence-corrected chi connectivity index (χ1v) is 5.73. The Kier molecular flexibility index (Phi) is 3.74. The number of ketones is 1. The van der Waals surface area contributed by atoms with Crippen LogP contribution in [0.25, 0.3) is 0 Å².